The normalized spacial score (nSPS) is 13.0. The summed E-state index contributed by atoms with van der Waals surface area (Å²) in [5.41, 5.74) is 8.05. The highest BCUT2D eigenvalue weighted by atomic mass is 32.1. The van der Waals surface area contributed by atoms with Gasteiger partial charge in [-0.25, -0.2) is 14.4 Å². The number of carbonyl (C=O) groups is 1. The van der Waals surface area contributed by atoms with Crippen molar-refractivity contribution in [2.75, 3.05) is 43.9 Å². The lowest BCUT2D eigenvalue weighted by molar-refractivity contribution is 0.112. The number of anilines is 2. The lowest BCUT2D eigenvalue weighted by atomic mass is 10.0. The lowest BCUT2D eigenvalue weighted by Gasteiger charge is -2.33. The molecule has 1 saturated heterocycles. The number of likely N-dealkylation sites (N-methyl/N-ethyl adjacent to an activating group) is 1. The van der Waals surface area contributed by atoms with Crippen LogP contribution in [0.4, 0.5) is 15.9 Å². The van der Waals surface area contributed by atoms with Crippen molar-refractivity contribution in [1.82, 2.24) is 19.9 Å². The average Bonchev–Trinajstić information content (AvgIpc) is 3.42. The molecule has 1 fully saturated rings. The van der Waals surface area contributed by atoms with Crippen LogP contribution in [0.25, 0.3) is 10.4 Å². The minimum Gasteiger partial charge on any atom is -0.398 e. The fourth-order valence-corrected chi connectivity index (χ4v) is 4.86. The van der Waals surface area contributed by atoms with E-state index in [0.29, 0.717) is 27.4 Å². The molecule has 3 aromatic heterocycles. The Labute approximate surface area is 232 Å². The molecule has 0 aliphatic carbocycles. The van der Waals surface area contributed by atoms with Gasteiger partial charge in [0.2, 0.25) is 0 Å². The summed E-state index contributed by atoms with van der Waals surface area (Å²) >= 11 is 1.18. The standard InChI is InChI=1S/C17H13FN4OS.C10H15N3.C2H6/c1-9-5-11(18)6-12(14(9)19)15(20)17-22-13(8-23)16(24-17)10-3-2-4-21-7-10;1-12-6-8-13(9-7-12)10-4-2-3-5-11-10;1-2/h2-8,20H,19H2,1H3;2-5H,6-9H2,1H3;1-2H3. The number of nitrogen functional groups attached to an aromatic ring is 1. The van der Waals surface area contributed by atoms with Crippen molar-refractivity contribution >= 4 is 34.8 Å². The number of benzene rings is 1. The van der Waals surface area contributed by atoms with Gasteiger partial charge in [0.05, 0.1) is 10.6 Å². The van der Waals surface area contributed by atoms with Gasteiger partial charge in [-0.2, -0.15) is 0 Å². The summed E-state index contributed by atoms with van der Waals surface area (Å²) in [7, 11) is 2.16. The minimum atomic E-state index is -0.471. The van der Waals surface area contributed by atoms with E-state index in [9.17, 15) is 9.18 Å². The van der Waals surface area contributed by atoms with Gasteiger partial charge in [-0.3, -0.25) is 15.2 Å². The van der Waals surface area contributed by atoms with Gasteiger partial charge < -0.3 is 15.5 Å². The first-order valence-corrected chi connectivity index (χ1v) is 13.5. The number of piperazine rings is 1. The molecule has 4 heterocycles. The number of nitrogens with two attached hydrogens (primary N) is 1. The highest BCUT2D eigenvalue weighted by molar-refractivity contribution is 7.17. The summed E-state index contributed by atoms with van der Waals surface area (Å²) in [4.78, 5) is 29.2. The molecule has 10 heteroatoms. The first-order chi connectivity index (χ1) is 18.9. The zero-order valence-electron chi connectivity index (χ0n) is 22.7. The van der Waals surface area contributed by atoms with Crippen molar-refractivity contribution in [1.29, 1.82) is 5.41 Å². The van der Waals surface area contributed by atoms with Crippen LogP contribution >= 0.6 is 11.3 Å². The van der Waals surface area contributed by atoms with Crippen molar-refractivity contribution in [2.24, 2.45) is 0 Å². The molecule has 204 valence electrons. The van der Waals surface area contributed by atoms with Crippen LogP contribution in [0, 0.1) is 18.2 Å². The number of nitrogens with one attached hydrogen (secondary N) is 1. The van der Waals surface area contributed by atoms with Gasteiger partial charge in [-0.15, -0.1) is 11.3 Å². The molecule has 5 rings (SSSR count). The van der Waals surface area contributed by atoms with Gasteiger partial charge >= 0.3 is 0 Å². The van der Waals surface area contributed by atoms with Gasteiger partial charge in [0.25, 0.3) is 0 Å². The van der Waals surface area contributed by atoms with E-state index in [4.69, 9.17) is 11.1 Å². The number of aromatic nitrogens is 3. The first-order valence-electron chi connectivity index (χ1n) is 12.7. The molecular formula is C29H34FN7OS. The highest BCUT2D eigenvalue weighted by Gasteiger charge is 2.19. The predicted molar refractivity (Wildman–Crippen MR) is 158 cm³/mol. The van der Waals surface area contributed by atoms with Crippen molar-refractivity contribution in [3.63, 3.8) is 0 Å². The van der Waals surface area contributed by atoms with E-state index in [-0.39, 0.29) is 17.0 Å². The maximum atomic E-state index is 13.7. The second-order valence-electron chi connectivity index (χ2n) is 8.63. The zero-order chi connectivity index (χ0) is 28.4. The van der Waals surface area contributed by atoms with Crippen LogP contribution in [0.2, 0.25) is 0 Å². The molecule has 0 unspecified atom stereocenters. The third-order valence-electron chi connectivity index (χ3n) is 6.00. The topological polar surface area (TPSA) is 112 Å². The largest absolute Gasteiger partial charge is 0.398 e. The van der Waals surface area contributed by atoms with Gasteiger partial charge in [0.1, 0.15) is 22.3 Å². The summed E-state index contributed by atoms with van der Waals surface area (Å²) in [6.45, 7) is 10.1. The number of pyridine rings is 2. The van der Waals surface area contributed by atoms with Crippen molar-refractivity contribution in [2.45, 2.75) is 20.8 Å². The van der Waals surface area contributed by atoms with E-state index in [1.165, 1.54) is 23.5 Å². The summed E-state index contributed by atoms with van der Waals surface area (Å²) in [6, 6.07) is 12.2. The second kappa shape index (κ2) is 14.2. The van der Waals surface area contributed by atoms with Crippen LogP contribution in [-0.2, 0) is 0 Å². The van der Waals surface area contributed by atoms with Crippen molar-refractivity contribution in [3.8, 4) is 10.4 Å². The smallest absolute Gasteiger partial charge is 0.169 e. The quantitative estimate of drug-likeness (QED) is 0.197. The van der Waals surface area contributed by atoms with Crippen LogP contribution in [0.3, 0.4) is 0 Å². The molecular weight excluding hydrogens is 513 g/mol. The van der Waals surface area contributed by atoms with Crippen molar-refractivity contribution in [3.05, 3.63) is 88.7 Å². The zero-order valence-corrected chi connectivity index (χ0v) is 23.5. The monoisotopic (exact) mass is 547 g/mol. The molecule has 3 N–H and O–H groups in total. The van der Waals surface area contributed by atoms with E-state index in [1.807, 2.05) is 38.2 Å². The maximum absolute atomic E-state index is 13.7. The SMILES string of the molecule is CC.CN1CCN(c2ccccn2)CC1.Cc1cc(F)cc(C(=N)c2nc(C=O)c(-c3cccnc3)s2)c1N. The van der Waals surface area contributed by atoms with Crippen molar-refractivity contribution < 1.29 is 9.18 Å². The molecule has 0 bridgehead atoms. The number of hydrogen-bond acceptors (Lipinski definition) is 9. The molecule has 0 radical (unpaired) electrons. The van der Waals surface area contributed by atoms with Crippen LogP contribution in [0.1, 0.15) is 40.5 Å². The Hall–Kier alpha value is -4.02. The third-order valence-corrected chi connectivity index (χ3v) is 7.14. The second-order valence-corrected chi connectivity index (χ2v) is 9.63. The lowest BCUT2D eigenvalue weighted by Crippen LogP contribution is -2.44. The Kier molecular flexibility index (Phi) is 10.8. The maximum Gasteiger partial charge on any atom is 0.169 e. The van der Waals surface area contributed by atoms with E-state index < -0.39 is 5.82 Å². The van der Waals surface area contributed by atoms with Gasteiger partial charge in [0.15, 0.2) is 6.29 Å². The van der Waals surface area contributed by atoms with E-state index in [0.717, 1.165) is 37.6 Å². The fraction of sp³-hybridized carbons (Fsp3) is 0.276. The van der Waals surface area contributed by atoms with Crippen LogP contribution < -0.4 is 10.6 Å². The molecule has 4 aromatic rings. The number of rotatable bonds is 5. The summed E-state index contributed by atoms with van der Waals surface area (Å²) in [6.07, 6.45) is 5.74. The molecule has 1 aliphatic rings. The number of halogens is 1. The molecule has 8 nitrogen and oxygen atoms in total. The highest BCUT2D eigenvalue weighted by Crippen LogP contribution is 2.31. The van der Waals surface area contributed by atoms with Crippen LogP contribution in [-0.4, -0.2) is 65.1 Å². The van der Waals surface area contributed by atoms with E-state index >= 15 is 0 Å². The number of thiazole rings is 1. The van der Waals surface area contributed by atoms with Gasteiger partial charge in [0, 0.05) is 61.6 Å². The summed E-state index contributed by atoms with van der Waals surface area (Å²) in [5.74, 6) is 0.636. The van der Waals surface area contributed by atoms with E-state index in [1.54, 1.807) is 25.4 Å². The number of nitrogens with zero attached hydrogens (tertiary/aromatic N) is 5. The predicted octanol–water partition coefficient (Wildman–Crippen LogP) is 5.32. The van der Waals surface area contributed by atoms with E-state index in [2.05, 4.69) is 37.9 Å². The fourth-order valence-electron chi connectivity index (χ4n) is 3.88. The first kappa shape index (κ1) is 29.5. The molecule has 39 heavy (non-hydrogen) atoms. The Balaban J connectivity index is 0.000000236. The summed E-state index contributed by atoms with van der Waals surface area (Å²) in [5, 5.41) is 8.62. The van der Waals surface area contributed by atoms with Crippen LogP contribution in [0.15, 0.2) is 61.1 Å². The molecule has 0 atom stereocenters. The third kappa shape index (κ3) is 7.52. The Morgan fingerprint density at radius 2 is 1.85 bits per heavy atom. The molecule has 0 spiro atoms. The number of hydrogen-bond donors (Lipinski definition) is 2. The Morgan fingerprint density at radius 3 is 2.46 bits per heavy atom. The molecule has 1 aliphatic heterocycles. The molecule has 0 saturated carbocycles. The van der Waals surface area contributed by atoms with Crippen LogP contribution in [0.5, 0.6) is 0 Å². The number of aldehydes is 1. The van der Waals surface area contributed by atoms with Gasteiger partial charge in [-0.05, 0) is 49.9 Å². The van der Waals surface area contributed by atoms with Gasteiger partial charge in [-0.1, -0.05) is 26.0 Å². The summed E-state index contributed by atoms with van der Waals surface area (Å²) < 4.78 is 13.7. The Morgan fingerprint density at radius 1 is 1.10 bits per heavy atom. The minimum absolute atomic E-state index is 0.0154. The molecule has 1 aromatic carbocycles. The average molecular weight is 548 g/mol. The number of carbonyl (C=O) groups excluding carboxylic acids is 1. The Bertz CT molecular complexity index is 1370. The number of aryl methyl sites for hydroxylation is 1. The molecule has 0 amide bonds.